The van der Waals surface area contributed by atoms with Gasteiger partial charge in [-0.15, -0.1) is 0 Å². The summed E-state index contributed by atoms with van der Waals surface area (Å²) in [6, 6.07) is 28.4. The first-order chi connectivity index (χ1) is 13.9. The number of rotatable bonds is 4. The summed E-state index contributed by atoms with van der Waals surface area (Å²) in [5.74, 6) is 0.931. The van der Waals surface area contributed by atoms with Crippen LogP contribution in [0.3, 0.4) is 0 Å². The van der Waals surface area contributed by atoms with Gasteiger partial charge in [0.15, 0.2) is 0 Å². The van der Waals surface area contributed by atoms with Crippen molar-refractivity contribution in [1.82, 2.24) is 0 Å². The van der Waals surface area contributed by atoms with Crippen molar-refractivity contribution < 1.29 is 9.47 Å². The number of hydrogen-bond donors (Lipinski definition) is 0. The average molecular weight is 364 g/mol. The van der Waals surface area contributed by atoms with E-state index in [-0.39, 0.29) is 6.10 Å². The van der Waals surface area contributed by atoms with Crippen LogP contribution in [-0.4, -0.2) is 19.3 Å². The highest BCUT2D eigenvalue weighted by Gasteiger charge is 2.24. The molecule has 0 amide bonds. The number of benzene rings is 4. The van der Waals surface area contributed by atoms with Gasteiger partial charge in [-0.2, -0.15) is 0 Å². The van der Waals surface area contributed by atoms with Crippen LogP contribution in [0.1, 0.15) is 11.1 Å². The van der Waals surface area contributed by atoms with Crippen LogP contribution in [0.4, 0.5) is 0 Å². The Morgan fingerprint density at radius 3 is 2.57 bits per heavy atom. The molecule has 1 aliphatic carbocycles. The molecule has 1 heterocycles. The van der Waals surface area contributed by atoms with Gasteiger partial charge >= 0.3 is 0 Å². The second-order valence-electron chi connectivity index (χ2n) is 7.63. The minimum absolute atomic E-state index is 0.242. The standard InChI is InChI=1S/C26H20O2/c1-4-8-23-17(5-1)11-12-25(28-16-21-15-27-21)26(23)20-10-9-19-13-18-6-2-3-7-22(18)24(19)14-20/h1-12,14,21H,13,15-16H2. The first kappa shape index (κ1) is 15.9. The molecule has 6 rings (SSSR count). The average Bonchev–Trinajstić information content (AvgIpc) is 3.50. The van der Waals surface area contributed by atoms with Gasteiger partial charge in [-0.05, 0) is 57.1 Å². The molecule has 1 atom stereocenters. The molecule has 28 heavy (non-hydrogen) atoms. The van der Waals surface area contributed by atoms with Crippen molar-refractivity contribution in [3.05, 3.63) is 90.0 Å². The first-order valence-corrected chi connectivity index (χ1v) is 9.84. The molecule has 136 valence electrons. The van der Waals surface area contributed by atoms with Gasteiger partial charge in [-0.3, -0.25) is 0 Å². The molecule has 2 heteroatoms. The molecule has 4 aromatic rings. The Morgan fingerprint density at radius 1 is 0.821 bits per heavy atom. The summed E-state index contributed by atoms with van der Waals surface area (Å²) in [6.45, 7) is 1.41. The van der Waals surface area contributed by atoms with Gasteiger partial charge < -0.3 is 9.47 Å². The normalized spacial score (nSPS) is 16.6. The number of fused-ring (bicyclic) bond motifs is 4. The van der Waals surface area contributed by atoms with Crippen molar-refractivity contribution in [1.29, 1.82) is 0 Å². The molecule has 1 unspecified atom stereocenters. The van der Waals surface area contributed by atoms with Crippen LogP contribution < -0.4 is 4.74 Å². The Labute approximate surface area is 164 Å². The molecule has 1 aliphatic heterocycles. The van der Waals surface area contributed by atoms with Crippen molar-refractivity contribution in [2.45, 2.75) is 12.5 Å². The van der Waals surface area contributed by atoms with Crippen molar-refractivity contribution >= 4 is 10.8 Å². The van der Waals surface area contributed by atoms with Gasteiger partial charge in [0.1, 0.15) is 18.5 Å². The Morgan fingerprint density at radius 2 is 1.64 bits per heavy atom. The van der Waals surface area contributed by atoms with Crippen molar-refractivity contribution in [3.63, 3.8) is 0 Å². The molecular formula is C26H20O2. The molecular weight excluding hydrogens is 344 g/mol. The molecule has 0 spiro atoms. The summed E-state index contributed by atoms with van der Waals surface area (Å²) in [5, 5.41) is 2.45. The minimum Gasteiger partial charge on any atom is -0.490 e. The summed E-state index contributed by atoms with van der Waals surface area (Å²) in [5.41, 5.74) is 7.89. The molecule has 1 saturated heterocycles. The van der Waals surface area contributed by atoms with E-state index >= 15 is 0 Å². The maximum absolute atomic E-state index is 6.19. The summed E-state index contributed by atoms with van der Waals surface area (Å²) in [7, 11) is 0. The zero-order valence-corrected chi connectivity index (χ0v) is 15.5. The highest BCUT2D eigenvalue weighted by atomic mass is 16.6. The van der Waals surface area contributed by atoms with E-state index in [1.165, 1.54) is 44.2 Å². The van der Waals surface area contributed by atoms with Crippen molar-refractivity contribution in [2.24, 2.45) is 0 Å². The minimum atomic E-state index is 0.242. The maximum atomic E-state index is 6.19. The number of hydrogen-bond acceptors (Lipinski definition) is 2. The third-order valence-electron chi connectivity index (χ3n) is 5.80. The van der Waals surface area contributed by atoms with Gasteiger partial charge in [0.2, 0.25) is 0 Å². The molecule has 2 nitrogen and oxygen atoms in total. The van der Waals surface area contributed by atoms with Crippen LogP contribution in [0.5, 0.6) is 5.75 Å². The second-order valence-corrected chi connectivity index (χ2v) is 7.63. The third-order valence-corrected chi connectivity index (χ3v) is 5.80. The van der Waals surface area contributed by atoms with Crippen LogP contribution in [0.2, 0.25) is 0 Å². The van der Waals surface area contributed by atoms with E-state index in [1.807, 2.05) is 0 Å². The molecule has 0 N–H and O–H groups in total. The maximum Gasteiger partial charge on any atom is 0.127 e. The fourth-order valence-electron chi connectivity index (χ4n) is 4.30. The van der Waals surface area contributed by atoms with E-state index < -0.39 is 0 Å². The molecule has 2 aliphatic rings. The Hall–Kier alpha value is -3.10. The highest BCUT2D eigenvalue weighted by molar-refractivity contribution is 6.00. The Bertz CT molecular complexity index is 1200. The molecule has 0 saturated carbocycles. The van der Waals surface area contributed by atoms with E-state index in [0.717, 1.165) is 18.8 Å². The van der Waals surface area contributed by atoms with E-state index in [2.05, 4.69) is 78.9 Å². The summed E-state index contributed by atoms with van der Waals surface area (Å²) in [4.78, 5) is 0. The van der Waals surface area contributed by atoms with Crippen LogP contribution in [-0.2, 0) is 11.2 Å². The second kappa shape index (κ2) is 6.22. The summed E-state index contributed by atoms with van der Waals surface area (Å²) < 4.78 is 11.5. The fraction of sp³-hybridized carbons (Fsp3) is 0.154. The lowest BCUT2D eigenvalue weighted by molar-refractivity contribution is 0.264. The lowest BCUT2D eigenvalue weighted by atomic mass is 9.94. The predicted molar refractivity (Wildman–Crippen MR) is 113 cm³/mol. The first-order valence-electron chi connectivity index (χ1n) is 9.84. The van der Waals surface area contributed by atoms with Crippen LogP contribution in [0.25, 0.3) is 33.0 Å². The van der Waals surface area contributed by atoms with E-state index in [1.54, 1.807) is 0 Å². The highest BCUT2D eigenvalue weighted by Crippen LogP contribution is 2.43. The molecule has 4 aromatic carbocycles. The van der Waals surface area contributed by atoms with Gasteiger partial charge in [0.05, 0.1) is 6.61 Å². The molecule has 0 aromatic heterocycles. The third kappa shape index (κ3) is 2.61. The van der Waals surface area contributed by atoms with Crippen LogP contribution >= 0.6 is 0 Å². The van der Waals surface area contributed by atoms with Gasteiger partial charge in [0.25, 0.3) is 0 Å². The zero-order valence-electron chi connectivity index (χ0n) is 15.5. The lowest BCUT2D eigenvalue weighted by Crippen LogP contribution is -2.05. The Kier molecular flexibility index (Phi) is 3.53. The zero-order chi connectivity index (χ0) is 18.5. The van der Waals surface area contributed by atoms with Gasteiger partial charge in [-0.25, -0.2) is 0 Å². The summed E-state index contributed by atoms with van der Waals surface area (Å²) >= 11 is 0. The van der Waals surface area contributed by atoms with Gasteiger partial charge in [0, 0.05) is 5.56 Å². The van der Waals surface area contributed by atoms with E-state index in [4.69, 9.17) is 9.47 Å². The predicted octanol–water partition coefficient (Wildman–Crippen LogP) is 5.86. The van der Waals surface area contributed by atoms with Crippen molar-refractivity contribution in [3.8, 4) is 28.0 Å². The smallest absolute Gasteiger partial charge is 0.127 e. The number of ether oxygens (including phenoxy) is 2. The fourth-order valence-corrected chi connectivity index (χ4v) is 4.30. The Balaban J connectivity index is 1.53. The van der Waals surface area contributed by atoms with E-state index in [9.17, 15) is 0 Å². The SMILES string of the molecule is c1ccc2c(c1)Cc1ccc(-c3c(OCC4CO4)ccc4ccccc34)cc1-2. The quantitative estimate of drug-likeness (QED) is 0.373. The van der Waals surface area contributed by atoms with Crippen LogP contribution in [0.15, 0.2) is 78.9 Å². The van der Waals surface area contributed by atoms with Crippen molar-refractivity contribution in [2.75, 3.05) is 13.2 Å². The number of epoxide rings is 1. The molecule has 0 bridgehead atoms. The lowest BCUT2D eigenvalue weighted by Gasteiger charge is -2.15. The summed E-state index contributed by atoms with van der Waals surface area (Å²) in [6.07, 6.45) is 1.26. The molecule has 0 radical (unpaired) electrons. The topological polar surface area (TPSA) is 21.8 Å². The largest absolute Gasteiger partial charge is 0.490 e. The van der Waals surface area contributed by atoms with Crippen LogP contribution in [0, 0.1) is 0 Å². The monoisotopic (exact) mass is 364 g/mol. The van der Waals surface area contributed by atoms with Gasteiger partial charge in [-0.1, -0.05) is 66.7 Å². The molecule has 1 fully saturated rings. The van der Waals surface area contributed by atoms with E-state index in [0.29, 0.717) is 6.61 Å².